The average Bonchev–Trinajstić information content (AvgIpc) is 2.78. The van der Waals surface area contributed by atoms with Gasteiger partial charge < -0.3 is 10.3 Å². The van der Waals surface area contributed by atoms with Crippen LogP contribution < -0.4 is 11.1 Å². The van der Waals surface area contributed by atoms with E-state index in [1.165, 1.54) is 0 Å². The summed E-state index contributed by atoms with van der Waals surface area (Å²) in [5.41, 5.74) is 9.10. The van der Waals surface area contributed by atoms with Crippen LogP contribution in [-0.2, 0) is 0 Å². The summed E-state index contributed by atoms with van der Waals surface area (Å²) in [7, 11) is 0. The molecule has 5 heteroatoms. The van der Waals surface area contributed by atoms with Gasteiger partial charge >= 0.3 is 0 Å². The minimum atomic E-state index is -0.247. The van der Waals surface area contributed by atoms with Crippen molar-refractivity contribution in [3.63, 3.8) is 0 Å². The van der Waals surface area contributed by atoms with Gasteiger partial charge in [-0.3, -0.25) is 10.1 Å². The summed E-state index contributed by atoms with van der Waals surface area (Å²) in [5.74, 6) is 5.87. The van der Waals surface area contributed by atoms with Crippen LogP contribution in [0.2, 0.25) is 0 Å². The first kappa shape index (κ1) is 14.8. The van der Waals surface area contributed by atoms with Crippen LogP contribution in [0.4, 0.5) is 5.88 Å². The number of nitrogens with zero attached hydrogens (tertiary/aromatic N) is 1. The first-order valence-corrected chi connectivity index (χ1v) is 6.57. The monoisotopic (exact) mass is 283 g/mol. The lowest BCUT2D eigenvalue weighted by Gasteiger charge is -2.07. The zero-order valence-electron chi connectivity index (χ0n) is 12.3. The van der Waals surface area contributed by atoms with Crippen LogP contribution >= 0.6 is 0 Å². The van der Waals surface area contributed by atoms with E-state index in [4.69, 9.17) is 10.3 Å². The molecule has 3 N–H and O–H groups in total. The highest BCUT2D eigenvalue weighted by Crippen LogP contribution is 2.20. The molecule has 0 aliphatic rings. The van der Waals surface area contributed by atoms with Gasteiger partial charge in [0.05, 0.1) is 12.2 Å². The number of anilines is 1. The summed E-state index contributed by atoms with van der Waals surface area (Å²) in [6.07, 6.45) is 0. The van der Waals surface area contributed by atoms with E-state index in [1.54, 1.807) is 12.1 Å². The van der Waals surface area contributed by atoms with Gasteiger partial charge in [0, 0.05) is 16.7 Å². The molecule has 0 aliphatic heterocycles. The summed E-state index contributed by atoms with van der Waals surface area (Å²) >= 11 is 0. The van der Waals surface area contributed by atoms with Crippen molar-refractivity contribution in [2.24, 2.45) is 5.73 Å². The smallest absolute Gasteiger partial charge is 0.258 e. The quantitative estimate of drug-likeness (QED) is 0.828. The van der Waals surface area contributed by atoms with Crippen LogP contribution in [0.25, 0.3) is 0 Å². The van der Waals surface area contributed by atoms with Crippen LogP contribution in [0, 0.1) is 32.6 Å². The van der Waals surface area contributed by atoms with Crippen molar-refractivity contribution < 1.29 is 9.32 Å². The number of amides is 1. The van der Waals surface area contributed by atoms with Gasteiger partial charge in [0.15, 0.2) is 0 Å². The fraction of sp³-hybridized carbons (Fsp3) is 0.250. The maximum Gasteiger partial charge on any atom is 0.258 e. The number of aromatic nitrogens is 1. The van der Waals surface area contributed by atoms with Crippen LogP contribution in [0.15, 0.2) is 22.7 Å². The Labute approximate surface area is 123 Å². The number of hydrogen-bond donors (Lipinski definition) is 2. The summed E-state index contributed by atoms with van der Waals surface area (Å²) in [6, 6.07) is 5.40. The molecule has 1 aromatic heterocycles. The molecule has 0 saturated carbocycles. The Bertz CT molecular complexity index is 736. The summed E-state index contributed by atoms with van der Waals surface area (Å²) in [6.45, 7) is 5.81. The molecular formula is C16H17N3O2. The van der Waals surface area contributed by atoms with Crippen molar-refractivity contribution in [1.82, 2.24) is 5.16 Å². The minimum Gasteiger partial charge on any atom is -0.338 e. The van der Waals surface area contributed by atoms with Crippen LogP contribution in [-0.4, -0.2) is 17.6 Å². The van der Waals surface area contributed by atoms with Gasteiger partial charge in [-0.2, -0.15) is 0 Å². The van der Waals surface area contributed by atoms with Gasteiger partial charge in [-0.05, 0) is 38.5 Å². The third-order valence-electron chi connectivity index (χ3n) is 3.29. The van der Waals surface area contributed by atoms with Crippen molar-refractivity contribution in [3.05, 3.63) is 46.1 Å². The Balaban J connectivity index is 2.29. The van der Waals surface area contributed by atoms with Crippen molar-refractivity contribution in [3.8, 4) is 11.8 Å². The lowest BCUT2D eigenvalue weighted by molar-refractivity contribution is 0.102. The number of carbonyl (C=O) groups excluding carboxylic acids is 1. The third-order valence-corrected chi connectivity index (χ3v) is 3.29. The molecule has 1 heterocycles. The van der Waals surface area contributed by atoms with Gasteiger partial charge in [-0.25, -0.2) is 0 Å². The predicted octanol–water partition coefficient (Wildman–Crippen LogP) is 2.16. The number of benzene rings is 1. The molecule has 1 amide bonds. The molecule has 0 spiro atoms. The van der Waals surface area contributed by atoms with Gasteiger partial charge in [0.2, 0.25) is 5.88 Å². The molecule has 108 valence electrons. The zero-order chi connectivity index (χ0) is 15.4. The molecule has 5 nitrogen and oxygen atoms in total. The highest BCUT2D eigenvalue weighted by atomic mass is 16.5. The molecule has 0 unspecified atom stereocenters. The Morgan fingerprint density at radius 2 is 2.10 bits per heavy atom. The van der Waals surface area contributed by atoms with Crippen LogP contribution in [0.1, 0.15) is 32.7 Å². The molecule has 2 aromatic rings. The first-order chi connectivity index (χ1) is 10.0. The molecule has 0 bridgehead atoms. The number of carbonyl (C=O) groups is 1. The first-order valence-electron chi connectivity index (χ1n) is 6.57. The molecule has 21 heavy (non-hydrogen) atoms. The Hall–Kier alpha value is -2.58. The Kier molecular flexibility index (Phi) is 4.41. The fourth-order valence-electron chi connectivity index (χ4n) is 1.87. The largest absolute Gasteiger partial charge is 0.338 e. The van der Waals surface area contributed by atoms with E-state index in [0.717, 1.165) is 22.4 Å². The summed E-state index contributed by atoms with van der Waals surface area (Å²) in [5, 5.41) is 6.55. The minimum absolute atomic E-state index is 0.247. The molecular weight excluding hydrogens is 266 g/mol. The maximum atomic E-state index is 12.4. The number of rotatable bonds is 2. The Morgan fingerprint density at radius 3 is 2.71 bits per heavy atom. The van der Waals surface area contributed by atoms with Crippen molar-refractivity contribution >= 4 is 11.8 Å². The number of hydrogen-bond acceptors (Lipinski definition) is 4. The molecule has 2 rings (SSSR count). The van der Waals surface area contributed by atoms with Crippen LogP contribution in [0.5, 0.6) is 0 Å². The number of aryl methyl sites for hydroxylation is 1. The van der Waals surface area contributed by atoms with Crippen molar-refractivity contribution in [2.45, 2.75) is 20.8 Å². The normalized spacial score (nSPS) is 9.90. The predicted molar refractivity (Wildman–Crippen MR) is 81.0 cm³/mol. The highest BCUT2D eigenvalue weighted by molar-refractivity contribution is 6.05. The second-order valence-electron chi connectivity index (χ2n) is 4.66. The van der Waals surface area contributed by atoms with E-state index < -0.39 is 0 Å². The molecule has 0 aliphatic carbocycles. The second-order valence-corrected chi connectivity index (χ2v) is 4.66. The second kappa shape index (κ2) is 6.25. The fourth-order valence-corrected chi connectivity index (χ4v) is 1.87. The molecule has 0 atom stereocenters. The molecule has 0 radical (unpaired) electrons. The van der Waals surface area contributed by atoms with E-state index in [0.29, 0.717) is 11.4 Å². The number of nitrogens with one attached hydrogen (secondary N) is 1. The maximum absolute atomic E-state index is 12.4. The lowest BCUT2D eigenvalue weighted by atomic mass is 10.0. The van der Waals surface area contributed by atoms with Crippen LogP contribution in [0.3, 0.4) is 0 Å². The van der Waals surface area contributed by atoms with Gasteiger partial charge in [-0.15, -0.1) is 0 Å². The van der Waals surface area contributed by atoms with E-state index in [9.17, 15) is 4.79 Å². The standard InChI is InChI=1S/C16H17N3O2/c1-10-12(3)19-21-16(10)18-15(20)14-8-4-6-13(11(14)2)7-5-9-17/h4,6,8H,9,17H2,1-3H3,(H,18,20). The SMILES string of the molecule is Cc1noc(NC(=O)c2cccc(C#CCN)c2C)c1C. The van der Waals surface area contributed by atoms with Gasteiger partial charge in [-0.1, -0.05) is 23.1 Å². The average molecular weight is 283 g/mol. The van der Waals surface area contributed by atoms with Crippen molar-refractivity contribution in [2.75, 3.05) is 11.9 Å². The zero-order valence-corrected chi connectivity index (χ0v) is 12.3. The van der Waals surface area contributed by atoms with Crippen molar-refractivity contribution in [1.29, 1.82) is 0 Å². The molecule has 0 saturated heterocycles. The third kappa shape index (κ3) is 3.12. The summed E-state index contributed by atoms with van der Waals surface area (Å²) in [4.78, 5) is 12.4. The van der Waals surface area contributed by atoms with Gasteiger partial charge in [0.1, 0.15) is 0 Å². The lowest BCUT2D eigenvalue weighted by Crippen LogP contribution is -2.14. The molecule has 0 fully saturated rings. The Morgan fingerprint density at radius 1 is 1.33 bits per heavy atom. The van der Waals surface area contributed by atoms with E-state index in [-0.39, 0.29) is 12.5 Å². The van der Waals surface area contributed by atoms with E-state index >= 15 is 0 Å². The topological polar surface area (TPSA) is 81.2 Å². The highest BCUT2D eigenvalue weighted by Gasteiger charge is 2.15. The summed E-state index contributed by atoms with van der Waals surface area (Å²) < 4.78 is 5.10. The number of nitrogens with two attached hydrogens (primary N) is 1. The van der Waals surface area contributed by atoms with E-state index in [1.807, 2.05) is 26.8 Å². The van der Waals surface area contributed by atoms with E-state index in [2.05, 4.69) is 22.3 Å². The molecule has 1 aromatic carbocycles. The van der Waals surface area contributed by atoms with Gasteiger partial charge in [0.25, 0.3) is 5.91 Å².